The van der Waals surface area contributed by atoms with Gasteiger partial charge in [-0.25, -0.2) is 8.42 Å². The fourth-order valence-corrected chi connectivity index (χ4v) is 2.48. The molecule has 0 unspecified atom stereocenters. The van der Waals surface area contributed by atoms with Crippen LogP contribution in [-0.2, 0) is 10.0 Å². The molecular weight excluding hydrogens is 310 g/mol. The van der Waals surface area contributed by atoms with E-state index in [0.717, 1.165) is 6.07 Å². The predicted molar refractivity (Wildman–Crippen MR) is 77.3 cm³/mol. The first-order valence-corrected chi connectivity index (χ1v) is 7.50. The van der Waals surface area contributed by atoms with Crippen LogP contribution in [0, 0.1) is 10.1 Å². The Balaban J connectivity index is 2.13. The Morgan fingerprint density at radius 3 is 2.36 bits per heavy atom. The Bertz CT molecular complexity index is 805. The number of benzene rings is 2. The van der Waals surface area contributed by atoms with E-state index in [4.69, 9.17) is 0 Å². The molecule has 0 atom stereocenters. The smallest absolute Gasteiger partial charge is 0.270 e. The van der Waals surface area contributed by atoms with Crippen molar-refractivity contribution in [3.63, 3.8) is 0 Å². The number of amides is 1. The molecule has 0 aliphatic carbocycles. The van der Waals surface area contributed by atoms with Crippen LogP contribution in [0.5, 0.6) is 0 Å². The van der Waals surface area contributed by atoms with Gasteiger partial charge in [-0.15, -0.1) is 4.83 Å². The van der Waals surface area contributed by atoms with Crippen molar-refractivity contribution in [1.82, 2.24) is 10.3 Å². The predicted octanol–water partition coefficient (Wildman–Crippen LogP) is 1.22. The number of nitro groups is 1. The molecule has 9 heteroatoms. The minimum Gasteiger partial charge on any atom is -0.273 e. The summed E-state index contributed by atoms with van der Waals surface area (Å²) in [5.41, 5.74) is 1.94. The number of carbonyl (C=O) groups excluding carboxylic acids is 1. The minimum absolute atomic E-state index is 0.268. The van der Waals surface area contributed by atoms with E-state index >= 15 is 0 Å². The van der Waals surface area contributed by atoms with E-state index < -0.39 is 20.9 Å². The van der Waals surface area contributed by atoms with E-state index in [9.17, 15) is 23.3 Å². The van der Waals surface area contributed by atoms with Gasteiger partial charge in [0.1, 0.15) is 0 Å². The van der Waals surface area contributed by atoms with Crippen molar-refractivity contribution in [2.75, 3.05) is 0 Å². The lowest BCUT2D eigenvalue weighted by atomic mass is 10.2. The lowest BCUT2D eigenvalue weighted by Gasteiger charge is -2.08. The van der Waals surface area contributed by atoms with Crippen LogP contribution in [-0.4, -0.2) is 19.2 Å². The van der Waals surface area contributed by atoms with E-state index in [2.05, 4.69) is 0 Å². The van der Waals surface area contributed by atoms with Gasteiger partial charge in [0.2, 0.25) is 0 Å². The molecule has 1 amide bonds. The summed E-state index contributed by atoms with van der Waals surface area (Å²) >= 11 is 0. The molecule has 2 aromatic rings. The van der Waals surface area contributed by atoms with E-state index in [-0.39, 0.29) is 16.1 Å². The third kappa shape index (κ3) is 3.65. The molecule has 0 spiro atoms. The third-order valence-electron chi connectivity index (χ3n) is 2.67. The number of nitro benzene ring substituents is 1. The molecule has 2 aromatic carbocycles. The monoisotopic (exact) mass is 321 g/mol. The van der Waals surface area contributed by atoms with Gasteiger partial charge < -0.3 is 0 Å². The summed E-state index contributed by atoms with van der Waals surface area (Å²) in [7, 11) is -4.11. The van der Waals surface area contributed by atoms with Gasteiger partial charge in [-0.3, -0.25) is 20.3 Å². The van der Waals surface area contributed by atoms with Gasteiger partial charge >= 0.3 is 0 Å². The van der Waals surface area contributed by atoms with Crippen LogP contribution in [0.15, 0.2) is 59.5 Å². The van der Waals surface area contributed by atoms with Gasteiger partial charge in [0.05, 0.1) is 9.82 Å². The molecule has 0 heterocycles. The lowest BCUT2D eigenvalue weighted by molar-refractivity contribution is -0.385. The molecule has 0 radical (unpaired) electrons. The largest absolute Gasteiger partial charge is 0.273 e. The van der Waals surface area contributed by atoms with Crippen molar-refractivity contribution in [3.05, 3.63) is 70.3 Å². The fourth-order valence-electron chi connectivity index (χ4n) is 1.60. The molecule has 2 rings (SSSR count). The van der Waals surface area contributed by atoms with Crippen LogP contribution >= 0.6 is 0 Å². The molecule has 0 fully saturated rings. The number of hydrogen-bond donors (Lipinski definition) is 2. The number of sulfonamides is 1. The van der Waals surface area contributed by atoms with Gasteiger partial charge in [0, 0.05) is 17.7 Å². The fraction of sp³-hybridized carbons (Fsp3) is 0. The zero-order valence-corrected chi connectivity index (χ0v) is 11.9. The molecule has 0 saturated carbocycles. The number of rotatable bonds is 5. The average molecular weight is 321 g/mol. The lowest BCUT2D eigenvalue weighted by Crippen LogP contribution is -2.41. The molecule has 0 aromatic heterocycles. The summed E-state index contributed by atoms with van der Waals surface area (Å²) in [6.45, 7) is 0. The maximum absolute atomic E-state index is 12.0. The highest BCUT2D eigenvalue weighted by molar-refractivity contribution is 7.89. The quantitative estimate of drug-likeness (QED) is 0.634. The van der Waals surface area contributed by atoms with Crippen molar-refractivity contribution in [2.45, 2.75) is 4.90 Å². The first kappa shape index (κ1) is 15.6. The molecule has 0 aliphatic rings. The first-order valence-electron chi connectivity index (χ1n) is 6.02. The molecular formula is C13H11N3O5S. The maximum Gasteiger partial charge on any atom is 0.270 e. The highest BCUT2D eigenvalue weighted by Crippen LogP contribution is 2.16. The summed E-state index contributed by atoms with van der Waals surface area (Å²) in [6, 6.07) is 12.5. The summed E-state index contributed by atoms with van der Waals surface area (Å²) in [4.78, 5) is 23.3. The van der Waals surface area contributed by atoms with Gasteiger partial charge in [0.25, 0.3) is 21.6 Å². The van der Waals surface area contributed by atoms with Crippen LogP contribution in [0.1, 0.15) is 10.4 Å². The molecule has 114 valence electrons. The SMILES string of the molecule is O=C(NNS(=O)(=O)c1cccc([N+](=O)[O-])c1)c1ccccc1. The van der Waals surface area contributed by atoms with Crippen molar-refractivity contribution in [3.8, 4) is 0 Å². The molecule has 2 N–H and O–H groups in total. The standard InChI is InChI=1S/C13H11N3O5S/c17-13(10-5-2-1-3-6-10)14-15-22(20,21)12-8-4-7-11(9-12)16(18)19/h1-9,15H,(H,14,17). The normalized spacial score (nSPS) is 10.9. The second-order valence-electron chi connectivity index (χ2n) is 4.18. The Morgan fingerprint density at radius 1 is 1.05 bits per heavy atom. The Labute approximate surface area is 125 Å². The van der Waals surface area contributed by atoms with Crippen molar-refractivity contribution >= 4 is 21.6 Å². The highest BCUT2D eigenvalue weighted by Gasteiger charge is 2.18. The van der Waals surface area contributed by atoms with Crippen molar-refractivity contribution in [1.29, 1.82) is 0 Å². The van der Waals surface area contributed by atoms with E-state index in [0.29, 0.717) is 0 Å². The number of carbonyl (C=O) groups is 1. The van der Waals surface area contributed by atoms with Crippen LogP contribution in [0.3, 0.4) is 0 Å². The second-order valence-corrected chi connectivity index (χ2v) is 5.86. The van der Waals surface area contributed by atoms with Gasteiger partial charge in [-0.1, -0.05) is 24.3 Å². The first-order chi connectivity index (χ1) is 10.4. The van der Waals surface area contributed by atoms with Crippen LogP contribution in [0.4, 0.5) is 5.69 Å². The van der Waals surface area contributed by atoms with Gasteiger partial charge in [0.15, 0.2) is 0 Å². The van der Waals surface area contributed by atoms with E-state index in [1.54, 1.807) is 18.2 Å². The minimum atomic E-state index is -4.11. The maximum atomic E-state index is 12.0. The zero-order chi connectivity index (χ0) is 16.2. The summed E-state index contributed by atoms with van der Waals surface area (Å²) in [5, 5.41) is 10.7. The average Bonchev–Trinajstić information content (AvgIpc) is 2.53. The van der Waals surface area contributed by atoms with Crippen molar-refractivity contribution in [2.24, 2.45) is 0 Å². The number of nitrogens with one attached hydrogen (secondary N) is 2. The summed E-state index contributed by atoms with van der Waals surface area (Å²) in [6.07, 6.45) is 0. The molecule has 0 aliphatic heterocycles. The Morgan fingerprint density at radius 2 is 1.73 bits per heavy atom. The number of hydrazine groups is 1. The number of hydrogen-bond acceptors (Lipinski definition) is 5. The topological polar surface area (TPSA) is 118 Å². The second kappa shape index (κ2) is 6.33. The summed E-state index contributed by atoms with van der Waals surface area (Å²) < 4.78 is 24.0. The van der Waals surface area contributed by atoms with E-state index in [1.807, 2.05) is 10.3 Å². The zero-order valence-electron chi connectivity index (χ0n) is 11.1. The molecule has 0 saturated heterocycles. The Hall–Kier alpha value is -2.78. The van der Waals surface area contributed by atoms with Crippen LogP contribution < -0.4 is 10.3 Å². The van der Waals surface area contributed by atoms with Crippen LogP contribution in [0.25, 0.3) is 0 Å². The van der Waals surface area contributed by atoms with Crippen LogP contribution in [0.2, 0.25) is 0 Å². The van der Waals surface area contributed by atoms with Crippen molar-refractivity contribution < 1.29 is 18.1 Å². The molecule has 0 bridgehead atoms. The van der Waals surface area contributed by atoms with Gasteiger partial charge in [-0.05, 0) is 18.2 Å². The Kier molecular flexibility index (Phi) is 4.49. The van der Waals surface area contributed by atoms with E-state index in [1.165, 1.54) is 30.3 Å². The highest BCUT2D eigenvalue weighted by atomic mass is 32.2. The molecule has 8 nitrogen and oxygen atoms in total. The number of non-ortho nitro benzene ring substituents is 1. The van der Waals surface area contributed by atoms with Gasteiger partial charge in [-0.2, -0.15) is 0 Å². The summed E-state index contributed by atoms with van der Waals surface area (Å²) in [5.74, 6) is -0.644. The number of nitrogens with zero attached hydrogens (tertiary/aromatic N) is 1. The third-order valence-corrected chi connectivity index (χ3v) is 3.92. The molecule has 22 heavy (non-hydrogen) atoms.